The van der Waals surface area contributed by atoms with Gasteiger partial charge in [0.2, 0.25) is 0 Å². The van der Waals surface area contributed by atoms with Gasteiger partial charge in [-0.25, -0.2) is 0 Å². The summed E-state index contributed by atoms with van der Waals surface area (Å²) in [5.74, 6) is 6.72. The van der Waals surface area contributed by atoms with E-state index in [1.807, 2.05) is 0 Å². The first-order chi connectivity index (χ1) is 9.69. The van der Waals surface area contributed by atoms with Gasteiger partial charge in [0.25, 0.3) is 0 Å². The molecule has 1 atom stereocenters. The van der Waals surface area contributed by atoms with E-state index in [1.165, 1.54) is 61.6 Å². The lowest BCUT2D eigenvalue weighted by molar-refractivity contribution is 0.313. The molecule has 0 saturated heterocycles. The van der Waals surface area contributed by atoms with Crippen molar-refractivity contribution in [1.29, 1.82) is 0 Å². The highest BCUT2D eigenvalue weighted by atomic mass is 15.2. The zero-order valence-electron chi connectivity index (χ0n) is 13.1. The summed E-state index contributed by atoms with van der Waals surface area (Å²) in [6, 6.07) is 7.13. The Bertz CT molecular complexity index is 408. The maximum atomic E-state index is 5.77. The molecule has 1 saturated carbocycles. The van der Waals surface area contributed by atoms with Crippen molar-refractivity contribution < 1.29 is 0 Å². The van der Waals surface area contributed by atoms with Crippen molar-refractivity contribution in [3.05, 3.63) is 34.9 Å². The fourth-order valence-electron chi connectivity index (χ4n) is 3.44. The Balaban J connectivity index is 1.86. The second-order valence-electron chi connectivity index (χ2n) is 6.58. The van der Waals surface area contributed by atoms with E-state index in [0.29, 0.717) is 6.04 Å². The summed E-state index contributed by atoms with van der Waals surface area (Å²) in [4.78, 5) is 0. The predicted molar refractivity (Wildman–Crippen MR) is 86.5 cm³/mol. The lowest BCUT2D eigenvalue weighted by Crippen LogP contribution is -2.37. The number of benzene rings is 1. The van der Waals surface area contributed by atoms with E-state index in [4.69, 9.17) is 5.84 Å². The van der Waals surface area contributed by atoms with Gasteiger partial charge in [-0.1, -0.05) is 55.9 Å². The van der Waals surface area contributed by atoms with E-state index < -0.39 is 0 Å². The number of aryl methyl sites for hydroxylation is 2. The molecule has 1 fully saturated rings. The summed E-state index contributed by atoms with van der Waals surface area (Å²) in [5, 5.41) is 0. The first-order valence-electron chi connectivity index (χ1n) is 8.21. The topological polar surface area (TPSA) is 38.0 Å². The SMILES string of the molecule is Cc1ccc(C)c(CC(CCC2CCCCC2)NN)c1. The van der Waals surface area contributed by atoms with Crippen LogP contribution < -0.4 is 11.3 Å². The minimum absolute atomic E-state index is 0.414. The van der Waals surface area contributed by atoms with E-state index in [0.717, 1.165) is 12.3 Å². The molecular weight excluding hydrogens is 244 g/mol. The van der Waals surface area contributed by atoms with Crippen molar-refractivity contribution in [2.45, 2.75) is 71.3 Å². The lowest BCUT2D eigenvalue weighted by atomic mass is 9.84. The Morgan fingerprint density at radius 3 is 2.65 bits per heavy atom. The molecule has 0 amide bonds. The highest BCUT2D eigenvalue weighted by Crippen LogP contribution is 2.28. The Morgan fingerprint density at radius 1 is 1.20 bits per heavy atom. The Labute approximate surface area is 124 Å². The molecule has 1 aliphatic carbocycles. The second-order valence-corrected chi connectivity index (χ2v) is 6.58. The summed E-state index contributed by atoms with van der Waals surface area (Å²) in [5.41, 5.74) is 7.20. The largest absolute Gasteiger partial charge is 0.271 e. The molecule has 3 N–H and O–H groups in total. The number of hydrogen-bond donors (Lipinski definition) is 2. The van der Waals surface area contributed by atoms with Crippen LogP contribution in [0.1, 0.15) is 61.6 Å². The number of hydrogen-bond acceptors (Lipinski definition) is 2. The molecular formula is C18H30N2. The van der Waals surface area contributed by atoms with Crippen LogP contribution in [0.2, 0.25) is 0 Å². The molecule has 0 aromatic heterocycles. The van der Waals surface area contributed by atoms with Crippen molar-refractivity contribution in [3.63, 3.8) is 0 Å². The molecule has 20 heavy (non-hydrogen) atoms. The van der Waals surface area contributed by atoms with Crippen molar-refractivity contribution >= 4 is 0 Å². The van der Waals surface area contributed by atoms with Crippen molar-refractivity contribution in [3.8, 4) is 0 Å². The quantitative estimate of drug-likeness (QED) is 0.607. The summed E-state index contributed by atoms with van der Waals surface area (Å²) in [6.45, 7) is 4.36. The van der Waals surface area contributed by atoms with Crippen LogP contribution >= 0.6 is 0 Å². The van der Waals surface area contributed by atoms with Crippen LogP contribution in [-0.4, -0.2) is 6.04 Å². The van der Waals surface area contributed by atoms with Gasteiger partial charge < -0.3 is 0 Å². The third kappa shape index (κ3) is 4.60. The van der Waals surface area contributed by atoms with Gasteiger partial charge in [-0.15, -0.1) is 0 Å². The van der Waals surface area contributed by atoms with Gasteiger partial charge in [0.15, 0.2) is 0 Å². The highest BCUT2D eigenvalue weighted by molar-refractivity contribution is 5.31. The number of rotatable bonds is 6. The maximum absolute atomic E-state index is 5.77. The monoisotopic (exact) mass is 274 g/mol. The van der Waals surface area contributed by atoms with Crippen LogP contribution in [0.5, 0.6) is 0 Å². The van der Waals surface area contributed by atoms with Crippen LogP contribution in [-0.2, 0) is 6.42 Å². The standard InChI is InChI=1S/C18H30N2/c1-14-8-9-15(2)17(12-14)13-18(20-19)11-10-16-6-4-3-5-7-16/h8-9,12,16,18,20H,3-7,10-11,13,19H2,1-2H3. The average Bonchev–Trinajstić information content (AvgIpc) is 2.48. The molecule has 2 heteroatoms. The van der Waals surface area contributed by atoms with Crippen LogP contribution in [0, 0.1) is 19.8 Å². The zero-order chi connectivity index (χ0) is 14.4. The van der Waals surface area contributed by atoms with E-state index in [-0.39, 0.29) is 0 Å². The summed E-state index contributed by atoms with van der Waals surface area (Å²) < 4.78 is 0. The average molecular weight is 274 g/mol. The molecule has 1 aliphatic rings. The Hall–Kier alpha value is -0.860. The number of hydrazine groups is 1. The molecule has 0 bridgehead atoms. The third-order valence-electron chi connectivity index (χ3n) is 4.85. The molecule has 0 radical (unpaired) electrons. The molecule has 0 heterocycles. The fraction of sp³-hybridized carbons (Fsp3) is 0.667. The van der Waals surface area contributed by atoms with E-state index in [2.05, 4.69) is 37.5 Å². The molecule has 2 rings (SSSR count). The lowest BCUT2D eigenvalue weighted by Gasteiger charge is -2.24. The molecule has 2 nitrogen and oxygen atoms in total. The normalized spacial score (nSPS) is 18.1. The summed E-state index contributed by atoms with van der Waals surface area (Å²) in [6.07, 6.45) is 10.8. The first kappa shape index (κ1) is 15.5. The summed E-state index contributed by atoms with van der Waals surface area (Å²) >= 11 is 0. The van der Waals surface area contributed by atoms with Crippen molar-refractivity contribution in [2.75, 3.05) is 0 Å². The van der Waals surface area contributed by atoms with Gasteiger partial charge in [-0.3, -0.25) is 11.3 Å². The third-order valence-corrected chi connectivity index (χ3v) is 4.85. The molecule has 1 unspecified atom stereocenters. The van der Waals surface area contributed by atoms with Crippen molar-refractivity contribution in [2.24, 2.45) is 11.8 Å². The van der Waals surface area contributed by atoms with Gasteiger partial charge in [0, 0.05) is 6.04 Å². The van der Waals surface area contributed by atoms with Crippen LogP contribution in [0.15, 0.2) is 18.2 Å². The highest BCUT2D eigenvalue weighted by Gasteiger charge is 2.16. The van der Waals surface area contributed by atoms with Gasteiger partial charge in [-0.05, 0) is 50.2 Å². The summed E-state index contributed by atoms with van der Waals surface area (Å²) in [7, 11) is 0. The van der Waals surface area contributed by atoms with E-state index >= 15 is 0 Å². The van der Waals surface area contributed by atoms with E-state index in [1.54, 1.807) is 0 Å². The van der Waals surface area contributed by atoms with Crippen molar-refractivity contribution in [1.82, 2.24) is 5.43 Å². The molecule has 1 aromatic carbocycles. The zero-order valence-corrected chi connectivity index (χ0v) is 13.1. The van der Waals surface area contributed by atoms with Crippen LogP contribution in [0.3, 0.4) is 0 Å². The number of nitrogens with two attached hydrogens (primary N) is 1. The fourth-order valence-corrected chi connectivity index (χ4v) is 3.44. The Kier molecular flexibility index (Phi) is 6.06. The van der Waals surface area contributed by atoms with Crippen LogP contribution in [0.4, 0.5) is 0 Å². The molecule has 0 aliphatic heterocycles. The second kappa shape index (κ2) is 7.80. The minimum Gasteiger partial charge on any atom is -0.271 e. The van der Waals surface area contributed by atoms with E-state index in [9.17, 15) is 0 Å². The first-order valence-corrected chi connectivity index (χ1v) is 8.21. The minimum atomic E-state index is 0.414. The van der Waals surface area contributed by atoms with Crippen LogP contribution in [0.25, 0.3) is 0 Å². The smallest absolute Gasteiger partial charge is 0.0251 e. The van der Waals surface area contributed by atoms with Gasteiger partial charge in [-0.2, -0.15) is 0 Å². The molecule has 0 spiro atoms. The van der Waals surface area contributed by atoms with Gasteiger partial charge >= 0.3 is 0 Å². The van der Waals surface area contributed by atoms with Gasteiger partial charge in [0.1, 0.15) is 0 Å². The maximum Gasteiger partial charge on any atom is 0.0251 e. The molecule has 1 aromatic rings. The Morgan fingerprint density at radius 2 is 1.95 bits per heavy atom. The molecule has 112 valence electrons. The predicted octanol–water partition coefficient (Wildman–Crippen LogP) is 4.04. The van der Waals surface area contributed by atoms with Gasteiger partial charge in [0.05, 0.1) is 0 Å². The number of nitrogens with one attached hydrogen (secondary N) is 1.